The van der Waals surface area contributed by atoms with Gasteiger partial charge in [0.2, 0.25) is 5.95 Å². The van der Waals surface area contributed by atoms with Crippen molar-refractivity contribution in [3.05, 3.63) is 18.5 Å². The van der Waals surface area contributed by atoms with Crippen LogP contribution in [0.3, 0.4) is 0 Å². The smallest absolute Gasteiger partial charge is 0.328 e. The summed E-state index contributed by atoms with van der Waals surface area (Å²) in [5.74, 6) is -0.414. The van der Waals surface area contributed by atoms with Crippen LogP contribution in [0.15, 0.2) is 18.5 Å². The lowest BCUT2D eigenvalue weighted by atomic mass is 10.1. The van der Waals surface area contributed by atoms with E-state index in [-0.39, 0.29) is 0 Å². The maximum atomic E-state index is 11.0. The van der Waals surface area contributed by atoms with Crippen LogP contribution >= 0.6 is 0 Å². The molecule has 0 aliphatic carbocycles. The molecule has 17 heavy (non-hydrogen) atoms. The molecule has 0 fully saturated rings. The number of carboxylic acids is 1. The third-order valence-corrected chi connectivity index (χ3v) is 2.64. The van der Waals surface area contributed by atoms with Gasteiger partial charge in [-0.2, -0.15) is 0 Å². The van der Waals surface area contributed by atoms with Crippen LogP contribution in [0.1, 0.15) is 13.8 Å². The van der Waals surface area contributed by atoms with Crippen molar-refractivity contribution in [3.8, 4) is 0 Å². The number of fused-ring (bicyclic) bond motifs is 1. The summed E-state index contributed by atoms with van der Waals surface area (Å²) in [5, 5.41) is 12.0. The average molecular weight is 234 g/mol. The summed E-state index contributed by atoms with van der Waals surface area (Å²) < 4.78 is 1.81. The molecule has 2 rings (SSSR count). The van der Waals surface area contributed by atoms with Crippen LogP contribution in [0.5, 0.6) is 0 Å². The van der Waals surface area contributed by atoms with E-state index < -0.39 is 11.5 Å². The second kappa shape index (κ2) is 3.73. The van der Waals surface area contributed by atoms with E-state index in [0.717, 1.165) is 11.0 Å². The van der Waals surface area contributed by atoms with Gasteiger partial charge in [-0.1, -0.05) is 0 Å². The summed E-state index contributed by atoms with van der Waals surface area (Å²) in [6.07, 6.45) is 3.32. The fraction of sp³-hybridized carbons (Fsp3) is 0.364. The summed E-state index contributed by atoms with van der Waals surface area (Å²) >= 11 is 0. The van der Waals surface area contributed by atoms with Crippen LogP contribution in [-0.2, 0) is 11.8 Å². The molecule has 90 valence electrons. The number of imidazole rings is 1. The highest BCUT2D eigenvalue weighted by Gasteiger charge is 2.28. The Bertz CT molecular complexity index is 574. The van der Waals surface area contributed by atoms with Gasteiger partial charge in [0.05, 0.1) is 11.7 Å². The van der Waals surface area contributed by atoms with E-state index in [9.17, 15) is 4.79 Å². The molecule has 2 N–H and O–H groups in total. The molecule has 6 nitrogen and oxygen atoms in total. The lowest BCUT2D eigenvalue weighted by Gasteiger charge is -2.21. The van der Waals surface area contributed by atoms with Gasteiger partial charge in [-0.15, -0.1) is 0 Å². The maximum Gasteiger partial charge on any atom is 0.328 e. The van der Waals surface area contributed by atoms with Gasteiger partial charge in [-0.3, -0.25) is 4.98 Å². The van der Waals surface area contributed by atoms with Crippen LogP contribution in [0.2, 0.25) is 0 Å². The highest BCUT2D eigenvalue weighted by molar-refractivity contribution is 5.83. The molecule has 0 aliphatic rings. The molecule has 6 heteroatoms. The first-order chi connectivity index (χ1) is 7.92. The Hall–Kier alpha value is -2.11. The lowest BCUT2D eigenvalue weighted by Crippen LogP contribution is -2.40. The number of anilines is 1. The third kappa shape index (κ3) is 1.93. The largest absolute Gasteiger partial charge is 0.480 e. The summed E-state index contributed by atoms with van der Waals surface area (Å²) in [7, 11) is 1.83. The Balaban J connectivity index is 2.43. The number of aliphatic carboxylic acids is 1. The van der Waals surface area contributed by atoms with Crippen molar-refractivity contribution < 1.29 is 9.90 Å². The van der Waals surface area contributed by atoms with Crippen LogP contribution in [0, 0.1) is 0 Å². The van der Waals surface area contributed by atoms with Gasteiger partial charge in [-0.25, -0.2) is 9.78 Å². The number of nitrogens with zero attached hydrogens (tertiary/aromatic N) is 3. The summed E-state index contributed by atoms with van der Waals surface area (Å²) in [6, 6.07) is 1.83. The van der Waals surface area contributed by atoms with Crippen molar-refractivity contribution in [1.82, 2.24) is 14.5 Å². The van der Waals surface area contributed by atoms with Gasteiger partial charge >= 0.3 is 5.97 Å². The number of pyridine rings is 1. The Kier molecular flexibility index (Phi) is 2.49. The van der Waals surface area contributed by atoms with Crippen molar-refractivity contribution >= 4 is 23.0 Å². The van der Waals surface area contributed by atoms with E-state index in [1.165, 1.54) is 0 Å². The zero-order valence-corrected chi connectivity index (χ0v) is 9.93. The van der Waals surface area contributed by atoms with Gasteiger partial charge in [0.15, 0.2) is 0 Å². The zero-order valence-electron chi connectivity index (χ0n) is 9.93. The number of aryl methyl sites for hydroxylation is 1. The first-order valence-electron chi connectivity index (χ1n) is 5.20. The molecule has 0 saturated heterocycles. The van der Waals surface area contributed by atoms with E-state index >= 15 is 0 Å². The summed E-state index contributed by atoms with van der Waals surface area (Å²) in [4.78, 5) is 19.3. The van der Waals surface area contributed by atoms with E-state index in [1.807, 2.05) is 17.7 Å². The number of aromatic nitrogens is 3. The van der Waals surface area contributed by atoms with Gasteiger partial charge in [0.1, 0.15) is 11.1 Å². The van der Waals surface area contributed by atoms with E-state index in [2.05, 4.69) is 15.3 Å². The fourth-order valence-electron chi connectivity index (χ4n) is 1.50. The van der Waals surface area contributed by atoms with Crippen molar-refractivity contribution in [2.75, 3.05) is 5.32 Å². The molecule has 0 aromatic carbocycles. The minimum absolute atomic E-state index is 0.514. The van der Waals surface area contributed by atoms with E-state index in [4.69, 9.17) is 5.11 Å². The molecule has 0 aliphatic heterocycles. The second-order valence-electron chi connectivity index (χ2n) is 4.41. The molecule has 0 bridgehead atoms. The van der Waals surface area contributed by atoms with Crippen molar-refractivity contribution in [3.63, 3.8) is 0 Å². The third-order valence-electron chi connectivity index (χ3n) is 2.64. The van der Waals surface area contributed by atoms with E-state index in [1.54, 1.807) is 26.2 Å². The number of hydrogen-bond donors (Lipinski definition) is 2. The van der Waals surface area contributed by atoms with Gasteiger partial charge in [0, 0.05) is 13.2 Å². The minimum atomic E-state index is -1.07. The van der Waals surface area contributed by atoms with Crippen molar-refractivity contribution in [2.45, 2.75) is 19.4 Å². The molecular formula is C11H14N4O2. The highest BCUT2D eigenvalue weighted by atomic mass is 16.4. The Morgan fingerprint density at radius 3 is 2.82 bits per heavy atom. The van der Waals surface area contributed by atoms with Crippen LogP contribution in [0.4, 0.5) is 5.95 Å². The molecule has 2 heterocycles. The molecule has 0 amide bonds. The topological polar surface area (TPSA) is 80.0 Å². The van der Waals surface area contributed by atoms with Crippen molar-refractivity contribution in [2.24, 2.45) is 7.05 Å². The van der Waals surface area contributed by atoms with Gasteiger partial charge < -0.3 is 15.0 Å². The average Bonchev–Trinajstić information content (AvgIpc) is 2.56. The predicted octanol–water partition coefficient (Wildman–Crippen LogP) is 1.24. The fourth-order valence-corrected chi connectivity index (χ4v) is 1.50. The Morgan fingerprint density at radius 2 is 2.24 bits per heavy atom. The van der Waals surface area contributed by atoms with Gasteiger partial charge in [-0.05, 0) is 19.9 Å². The zero-order chi connectivity index (χ0) is 12.6. The van der Waals surface area contributed by atoms with E-state index in [0.29, 0.717) is 5.95 Å². The standard InChI is InChI=1S/C11H14N4O2/c1-11(2,9(16)17)14-10-13-7-6-12-5-4-8(7)15(10)3/h4-6H,1-3H3,(H,13,14)(H,16,17). The number of carbonyl (C=O) groups is 1. The molecule has 2 aromatic rings. The first-order valence-corrected chi connectivity index (χ1v) is 5.20. The number of nitrogens with one attached hydrogen (secondary N) is 1. The normalized spacial score (nSPS) is 11.7. The second-order valence-corrected chi connectivity index (χ2v) is 4.41. The molecule has 0 saturated carbocycles. The number of rotatable bonds is 3. The summed E-state index contributed by atoms with van der Waals surface area (Å²) in [6.45, 7) is 3.18. The Morgan fingerprint density at radius 1 is 1.53 bits per heavy atom. The molecule has 2 aromatic heterocycles. The quantitative estimate of drug-likeness (QED) is 0.835. The van der Waals surface area contributed by atoms with Crippen LogP contribution < -0.4 is 5.32 Å². The summed E-state index contributed by atoms with van der Waals surface area (Å²) in [5.41, 5.74) is 0.574. The predicted molar refractivity (Wildman–Crippen MR) is 63.8 cm³/mol. The molecule has 0 unspecified atom stereocenters. The molecule has 0 spiro atoms. The monoisotopic (exact) mass is 234 g/mol. The maximum absolute atomic E-state index is 11.0. The highest BCUT2D eigenvalue weighted by Crippen LogP contribution is 2.19. The first kappa shape index (κ1) is 11.4. The van der Waals surface area contributed by atoms with Crippen LogP contribution in [-0.4, -0.2) is 31.1 Å². The molecule has 0 radical (unpaired) electrons. The van der Waals surface area contributed by atoms with Gasteiger partial charge in [0.25, 0.3) is 0 Å². The number of hydrogen-bond acceptors (Lipinski definition) is 4. The molecular weight excluding hydrogens is 220 g/mol. The minimum Gasteiger partial charge on any atom is -0.480 e. The van der Waals surface area contributed by atoms with Crippen LogP contribution in [0.25, 0.3) is 11.0 Å². The number of carboxylic acid groups (broad SMARTS) is 1. The SMILES string of the molecule is Cn1c(NC(C)(C)C(=O)O)nc2cnccc21. The lowest BCUT2D eigenvalue weighted by molar-refractivity contribution is -0.141. The Labute approximate surface area is 98.3 Å². The van der Waals surface area contributed by atoms with Crippen molar-refractivity contribution in [1.29, 1.82) is 0 Å². The molecule has 0 atom stereocenters.